The van der Waals surface area contributed by atoms with Gasteiger partial charge in [0.25, 0.3) is 0 Å². The molecule has 16 heavy (non-hydrogen) atoms. The van der Waals surface area contributed by atoms with Crippen LogP contribution in [-0.2, 0) is 14.3 Å². The minimum absolute atomic E-state index is 0.0288. The molecule has 0 aliphatic heterocycles. The molecule has 0 bridgehead atoms. The van der Waals surface area contributed by atoms with Crippen LogP contribution in [0.4, 0.5) is 10.1 Å². The van der Waals surface area contributed by atoms with Gasteiger partial charge in [0, 0.05) is 6.20 Å². The molecule has 1 aromatic rings. The van der Waals surface area contributed by atoms with E-state index >= 15 is 0 Å². The van der Waals surface area contributed by atoms with Crippen molar-refractivity contribution in [1.82, 2.24) is 4.98 Å². The predicted octanol–water partition coefficient (Wildman–Crippen LogP) is 0.260. The lowest BCUT2D eigenvalue weighted by atomic mass is 10.4. The van der Waals surface area contributed by atoms with E-state index in [1.807, 2.05) is 0 Å². The van der Waals surface area contributed by atoms with E-state index in [2.05, 4.69) is 15.0 Å². The highest BCUT2D eigenvalue weighted by Gasteiger charge is 2.07. The minimum Gasteiger partial charge on any atom is -0.480 e. The molecule has 0 spiro atoms. The lowest BCUT2D eigenvalue weighted by molar-refractivity contribution is -0.143. The van der Waals surface area contributed by atoms with Crippen LogP contribution in [0.25, 0.3) is 0 Å². The number of hydrogen-bond donors (Lipinski definition) is 2. The molecule has 7 heteroatoms. The van der Waals surface area contributed by atoms with Gasteiger partial charge in [-0.3, -0.25) is 9.78 Å². The van der Waals surface area contributed by atoms with Crippen molar-refractivity contribution in [3.63, 3.8) is 0 Å². The molecule has 0 atom stereocenters. The number of amides is 1. The van der Waals surface area contributed by atoms with Gasteiger partial charge in [0.1, 0.15) is 13.2 Å². The van der Waals surface area contributed by atoms with Gasteiger partial charge in [-0.2, -0.15) is 0 Å². The molecule has 0 fully saturated rings. The summed E-state index contributed by atoms with van der Waals surface area (Å²) in [4.78, 5) is 24.7. The van der Waals surface area contributed by atoms with Crippen LogP contribution in [0.3, 0.4) is 0 Å². The Labute approximate surface area is 90.1 Å². The summed E-state index contributed by atoms with van der Waals surface area (Å²) in [5.41, 5.74) is -0.0288. The zero-order chi connectivity index (χ0) is 12.0. The van der Waals surface area contributed by atoms with Gasteiger partial charge < -0.3 is 15.2 Å². The van der Waals surface area contributed by atoms with Crippen molar-refractivity contribution in [2.45, 2.75) is 0 Å². The van der Waals surface area contributed by atoms with Crippen LogP contribution in [-0.4, -0.2) is 35.2 Å². The van der Waals surface area contributed by atoms with Crippen LogP contribution >= 0.6 is 0 Å². The molecule has 0 radical (unpaired) electrons. The molecule has 0 saturated carbocycles. The van der Waals surface area contributed by atoms with E-state index < -0.39 is 30.9 Å². The maximum atomic E-state index is 13.0. The third-order valence-electron chi connectivity index (χ3n) is 1.51. The number of carbonyl (C=O) groups excluding carboxylic acids is 1. The first-order valence-corrected chi connectivity index (χ1v) is 4.28. The number of ether oxygens (including phenoxy) is 1. The zero-order valence-electron chi connectivity index (χ0n) is 8.14. The topological polar surface area (TPSA) is 88.5 Å². The quantitative estimate of drug-likeness (QED) is 0.754. The highest BCUT2D eigenvalue weighted by molar-refractivity contribution is 5.91. The van der Waals surface area contributed by atoms with E-state index in [9.17, 15) is 14.0 Å². The molecule has 1 rings (SSSR count). The van der Waals surface area contributed by atoms with Crippen molar-refractivity contribution >= 4 is 17.6 Å². The number of nitrogens with one attached hydrogen (secondary N) is 1. The fourth-order valence-corrected chi connectivity index (χ4v) is 0.894. The van der Waals surface area contributed by atoms with E-state index in [4.69, 9.17) is 5.11 Å². The highest BCUT2D eigenvalue weighted by atomic mass is 19.1. The van der Waals surface area contributed by atoms with Gasteiger partial charge in [-0.05, 0) is 6.07 Å². The molecular weight excluding hydrogens is 219 g/mol. The first-order valence-electron chi connectivity index (χ1n) is 4.28. The number of carbonyl (C=O) groups is 2. The number of nitrogens with zero attached hydrogens (tertiary/aromatic N) is 1. The van der Waals surface area contributed by atoms with Crippen LogP contribution < -0.4 is 5.32 Å². The number of aromatic nitrogens is 1. The average molecular weight is 228 g/mol. The monoisotopic (exact) mass is 228 g/mol. The summed E-state index contributed by atoms with van der Waals surface area (Å²) in [7, 11) is 0. The summed E-state index contributed by atoms with van der Waals surface area (Å²) in [6.07, 6.45) is 2.27. The van der Waals surface area contributed by atoms with Crippen molar-refractivity contribution in [1.29, 1.82) is 0 Å². The lowest BCUT2D eigenvalue weighted by Gasteiger charge is -2.05. The third-order valence-corrected chi connectivity index (χ3v) is 1.51. The van der Waals surface area contributed by atoms with Crippen LogP contribution in [0.5, 0.6) is 0 Å². The predicted molar refractivity (Wildman–Crippen MR) is 51.3 cm³/mol. The fourth-order valence-electron chi connectivity index (χ4n) is 0.894. The first-order chi connectivity index (χ1) is 7.59. The van der Waals surface area contributed by atoms with Crippen molar-refractivity contribution < 1.29 is 23.8 Å². The third kappa shape index (κ3) is 4.01. The number of pyridine rings is 1. The highest BCUT2D eigenvalue weighted by Crippen LogP contribution is 2.10. The molecule has 0 saturated heterocycles. The van der Waals surface area contributed by atoms with Crippen LogP contribution in [0, 0.1) is 5.82 Å². The number of aliphatic carboxylic acids is 1. The molecule has 86 valence electrons. The molecule has 1 aromatic heterocycles. The number of hydrogen-bond acceptors (Lipinski definition) is 4. The van der Waals surface area contributed by atoms with Crippen LogP contribution in [0.2, 0.25) is 0 Å². The first kappa shape index (κ1) is 12.1. The Kier molecular flexibility index (Phi) is 4.34. The Morgan fingerprint density at radius 1 is 1.50 bits per heavy atom. The molecule has 6 nitrogen and oxygen atoms in total. The number of carboxylic acid groups (broad SMARTS) is 1. The average Bonchev–Trinajstić information content (AvgIpc) is 2.21. The van der Waals surface area contributed by atoms with Gasteiger partial charge in [-0.15, -0.1) is 0 Å². The van der Waals surface area contributed by atoms with Gasteiger partial charge in [-0.25, -0.2) is 9.18 Å². The van der Waals surface area contributed by atoms with Gasteiger partial charge >= 0.3 is 5.97 Å². The van der Waals surface area contributed by atoms with Crippen molar-refractivity contribution in [2.75, 3.05) is 18.5 Å². The van der Waals surface area contributed by atoms with Gasteiger partial charge in [0.05, 0.1) is 11.9 Å². The fraction of sp³-hybridized carbons (Fsp3) is 0.222. The molecular formula is C9H9FN2O4. The molecule has 1 amide bonds. The molecule has 0 unspecified atom stereocenters. The zero-order valence-corrected chi connectivity index (χ0v) is 8.14. The maximum Gasteiger partial charge on any atom is 0.329 e. The Bertz CT molecular complexity index is 397. The summed E-state index contributed by atoms with van der Waals surface area (Å²) in [5, 5.41) is 10.4. The summed E-state index contributed by atoms with van der Waals surface area (Å²) in [5.74, 6) is -2.48. The van der Waals surface area contributed by atoms with Crippen molar-refractivity contribution in [3.05, 3.63) is 24.3 Å². The number of halogens is 1. The molecule has 0 aliphatic rings. The summed E-state index contributed by atoms with van der Waals surface area (Å²) >= 11 is 0. The number of rotatable bonds is 5. The second-order valence-corrected chi connectivity index (χ2v) is 2.79. The number of carboxylic acids is 1. The Hall–Kier alpha value is -2.02. The number of anilines is 1. The maximum absolute atomic E-state index is 13.0. The smallest absolute Gasteiger partial charge is 0.329 e. The van der Waals surface area contributed by atoms with Gasteiger partial charge in [-0.1, -0.05) is 0 Å². The minimum atomic E-state index is -1.18. The molecule has 2 N–H and O–H groups in total. The van der Waals surface area contributed by atoms with Crippen molar-refractivity contribution in [2.24, 2.45) is 0 Å². The Balaban J connectivity index is 2.40. The summed E-state index contributed by atoms with van der Waals surface area (Å²) in [6.45, 7) is -1.03. The normalized spacial score (nSPS) is 9.81. The van der Waals surface area contributed by atoms with Gasteiger partial charge in [0.2, 0.25) is 5.91 Å². The largest absolute Gasteiger partial charge is 0.480 e. The Morgan fingerprint density at radius 2 is 2.25 bits per heavy atom. The van der Waals surface area contributed by atoms with E-state index in [1.54, 1.807) is 0 Å². The Morgan fingerprint density at radius 3 is 2.88 bits per heavy atom. The summed E-state index contributed by atoms with van der Waals surface area (Å²) in [6, 6.07) is 1.28. The van der Waals surface area contributed by atoms with E-state index in [0.29, 0.717) is 0 Å². The van der Waals surface area contributed by atoms with Gasteiger partial charge in [0.15, 0.2) is 5.82 Å². The SMILES string of the molecule is O=C(O)COCC(=O)Nc1ccncc1F. The van der Waals surface area contributed by atoms with Crippen LogP contribution in [0.1, 0.15) is 0 Å². The van der Waals surface area contributed by atoms with Crippen molar-refractivity contribution in [3.8, 4) is 0 Å². The lowest BCUT2D eigenvalue weighted by Crippen LogP contribution is -2.21. The van der Waals surface area contributed by atoms with Crippen LogP contribution in [0.15, 0.2) is 18.5 Å². The molecule has 0 aliphatic carbocycles. The second kappa shape index (κ2) is 5.76. The standard InChI is InChI=1S/C9H9FN2O4/c10-6-3-11-2-1-7(6)12-8(13)4-16-5-9(14)15/h1-3H,4-5H2,(H,14,15)(H,11,12,13). The van der Waals surface area contributed by atoms with E-state index in [1.165, 1.54) is 12.3 Å². The van der Waals surface area contributed by atoms with E-state index in [0.717, 1.165) is 6.20 Å². The molecule has 0 aromatic carbocycles. The second-order valence-electron chi connectivity index (χ2n) is 2.79. The summed E-state index contributed by atoms with van der Waals surface area (Å²) < 4.78 is 17.5. The molecule has 1 heterocycles. The van der Waals surface area contributed by atoms with E-state index in [-0.39, 0.29) is 5.69 Å².